The molecule has 3 rings (SSSR count). The van der Waals surface area contributed by atoms with Gasteiger partial charge in [0.2, 0.25) is 0 Å². The van der Waals surface area contributed by atoms with Crippen LogP contribution in [0.4, 0.5) is 0 Å². The van der Waals surface area contributed by atoms with Crippen LogP contribution in [-0.2, 0) is 11.2 Å². The molecule has 0 saturated carbocycles. The molecular weight excluding hydrogens is 302 g/mol. The van der Waals surface area contributed by atoms with Crippen molar-refractivity contribution in [1.82, 2.24) is 0 Å². The number of aliphatic carboxylic acids is 1. The molecule has 0 aliphatic rings. The molecule has 0 amide bonds. The number of carboxylic acid groups (broad SMARTS) is 1. The Morgan fingerprint density at radius 3 is 2.38 bits per heavy atom. The Morgan fingerprint density at radius 2 is 1.71 bits per heavy atom. The number of aromatic hydroxyl groups is 1. The number of fused-ring (bicyclic) bond motifs is 1. The van der Waals surface area contributed by atoms with Crippen LogP contribution in [0.3, 0.4) is 0 Å². The predicted molar refractivity (Wildman–Crippen MR) is 90.9 cm³/mol. The number of hydrogen-bond acceptors (Lipinski definition) is 3. The lowest BCUT2D eigenvalue weighted by molar-refractivity contribution is -0.138. The minimum Gasteiger partial charge on any atom is -0.508 e. The highest BCUT2D eigenvalue weighted by atomic mass is 16.4. The van der Waals surface area contributed by atoms with E-state index in [1.807, 2.05) is 24.3 Å². The molecule has 118 valence electrons. The Kier molecular flexibility index (Phi) is 4.17. The van der Waals surface area contributed by atoms with Crippen molar-refractivity contribution in [3.05, 3.63) is 77.4 Å². The number of carboxylic acids is 1. The SMILES string of the molecule is N#Cc1ccc2ccc(CC(C(=O)O)c3ccc(O)cc3)cc2c1. The van der Waals surface area contributed by atoms with Crippen molar-refractivity contribution in [2.75, 3.05) is 0 Å². The summed E-state index contributed by atoms with van der Waals surface area (Å²) in [6, 6.07) is 19.6. The van der Waals surface area contributed by atoms with E-state index in [2.05, 4.69) is 6.07 Å². The molecule has 24 heavy (non-hydrogen) atoms. The highest BCUT2D eigenvalue weighted by molar-refractivity contribution is 5.85. The lowest BCUT2D eigenvalue weighted by atomic mass is 9.91. The summed E-state index contributed by atoms with van der Waals surface area (Å²) in [5.74, 6) is -1.49. The third-order valence-corrected chi connectivity index (χ3v) is 4.07. The van der Waals surface area contributed by atoms with Gasteiger partial charge in [-0.3, -0.25) is 4.79 Å². The number of carbonyl (C=O) groups is 1. The Hall–Kier alpha value is -3.32. The molecule has 4 nitrogen and oxygen atoms in total. The zero-order chi connectivity index (χ0) is 17.1. The second kappa shape index (κ2) is 6.43. The van der Waals surface area contributed by atoms with Crippen LogP contribution in [0.25, 0.3) is 10.8 Å². The van der Waals surface area contributed by atoms with Crippen molar-refractivity contribution in [2.24, 2.45) is 0 Å². The van der Waals surface area contributed by atoms with Crippen LogP contribution in [0.2, 0.25) is 0 Å². The van der Waals surface area contributed by atoms with Gasteiger partial charge in [0.15, 0.2) is 0 Å². The van der Waals surface area contributed by atoms with Crippen LogP contribution in [0.15, 0.2) is 60.7 Å². The van der Waals surface area contributed by atoms with Crippen LogP contribution >= 0.6 is 0 Å². The van der Waals surface area contributed by atoms with Crippen molar-refractivity contribution < 1.29 is 15.0 Å². The monoisotopic (exact) mass is 317 g/mol. The van der Waals surface area contributed by atoms with E-state index in [1.54, 1.807) is 24.3 Å². The maximum Gasteiger partial charge on any atom is 0.311 e. The van der Waals surface area contributed by atoms with Gasteiger partial charge >= 0.3 is 5.97 Å². The molecule has 0 spiro atoms. The van der Waals surface area contributed by atoms with Gasteiger partial charge in [-0.05, 0) is 52.6 Å². The zero-order valence-electron chi connectivity index (χ0n) is 12.8. The van der Waals surface area contributed by atoms with E-state index in [1.165, 1.54) is 12.1 Å². The molecule has 0 radical (unpaired) electrons. The summed E-state index contributed by atoms with van der Waals surface area (Å²) in [4.78, 5) is 11.6. The highest BCUT2D eigenvalue weighted by Crippen LogP contribution is 2.25. The molecule has 0 saturated heterocycles. The summed E-state index contributed by atoms with van der Waals surface area (Å²) in [5, 5.41) is 29.8. The van der Waals surface area contributed by atoms with Crippen molar-refractivity contribution in [3.8, 4) is 11.8 Å². The number of rotatable bonds is 4. The van der Waals surface area contributed by atoms with Crippen LogP contribution in [0, 0.1) is 11.3 Å². The van der Waals surface area contributed by atoms with E-state index in [0.29, 0.717) is 17.5 Å². The van der Waals surface area contributed by atoms with Gasteiger partial charge in [0.1, 0.15) is 5.75 Å². The van der Waals surface area contributed by atoms with Gasteiger partial charge in [0, 0.05) is 0 Å². The van der Waals surface area contributed by atoms with Gasteiger partial charge in [0.25, 0.3) is 0 Å². The quantitative estimate of drug-likeness (QED) is 0.766. The number of phenols is 1. The summed E-state index contributed by atoms with van der Waals surface area (Å²) >= 11 is 0. The van der Waals surface area contributed by atoms with Crippen LogP contribution < -0.4 is 0 Å². The molecule has 3 aromatic rings. The Balaban J connectivity index is 1.95. The van der Waals surface area contributed by atoms with Gasteiger partial charge in [-0.15, -0.1) is 0 Å². The minimum atomic E-state index is -0.911. The molecule has 0 heterocycles. The van der Waals surface area contributed by atoms with E-state index in [0.717, 1.165) is 16.3 Å². The van der Waals surface area contributed by atoms with Crippen molar-refractivity contribution in [2.45, 2.75) is 12.3 Å². The molecular formula is C20H15NO3. The highest BCUT2D eigenvalue weighted by Gasteiger charge is 2.20. The summed E-state index contributed by atoms with van der Waals surface area (Å²) in [5.41, 5.74) is 2.11. The van der Waals surface area contributed by atoms with Gasteiger partial charge in [0.05, 0.1) is 17.6 Å². The fraction of sp³-hybridized carbons (Fsp3) is 0.100. The maximum atomic E-state index is 11.6. The van der Waals surface area contributed by atoms with Crippen molar-refractivity contribution in [1.29, 1.82) is 5.26 Å². The standard InChI is InChI=1S/C20H15NO3/c21-12-14-2-4-15-3-1-13(9-17(15)10-14)11-19(20(23)24)16-5-7-18(22)8-6-16/h1-10,19,22H,11H2,(H,23,24). The molecule has 1 unspecified atom stereocenters. The first-order chi connectivity index (χ1) is 11.6. The first-order valence-corrected chi connectivity index (χ1v) is 7.51. The minimum absolute atomic E-state index is 0.109. The summed E-state index contributed by atoms with van der Waals surface area (Å²) in [6.45, 7) is 0. The van der Waals surface area contributed by atoms with Crippen molar-refractivity contribution >= 4 is 16.7 Å². The normalized spacial score (nSPS) is 11.8. The fourth-order valence-corrected chi connectivity index (χ4v) is 2.78. The van der Waals surface area contributed by atoms with E-state index in [4.69, 9.17) is 5.26 Å². The first kappa shape index (κ1) is 15.6. The number of hydrogen-bond donors (Lipinski definition) is 2. The molecule has 0 bridgehead atoms. The Morgan fingerprint density at radius 1 is 1.00 bits per heavy atom. The number of nitriles is 1. The smallest absolute Gasteiger partial charge is 0.311 e. The second-order valence-corrected chi connectivity index (χ2v) is 5.69. The summed E-state index contributed by atoms with van der Waals surface area (Å²) in [7, 11) is 0. The molecule has 4 heteroatoms. The van der Waals surface area contributed by atoms with Crippen molar-refractivity contribution in [3.63, 3.8) is 0 Å². The third-order valence-electron chi connectivity index (χ3n) is 4.07. The second-order valence-electron chi connectivity index (χ2n) is 5.69. The molecule has 1 atom stereocenters. The van der Waals surface area contributed by atoms with Gasteiger partial charge in [-0.25, -0.2) is 0 Å². The number of benzene rings is 3. The number of phenolic OH excluding ortho intramolecular Hbond substituents is 1. The van der Waals surface area contributed by atoms with Crippen LogP contribution in [-0.4, -0.2) is 16.2 Å². The molecule has 0 aromatic heterocycles. The number of nitrogens with zero attached hydrogens (tertiary/aromatic N) is 1. The zero-order valence-corrected chi connectivity index (χ0v) is 12.8. The lowest BCUT2D eigenvalue weighted by Crippen LogP contribution is -2.14. The van der Waals surface area contributed by atoms with E-state index in [9.17, 15) is 15.0 Å². The van der Waals surface area contributed by atoms with Gasteiger partial charge in [-0.1, -0.05) is 36.4 Å². The topological polar surface area (TPSA) is 81.3 Å². The largest absolute Gasteiger partial charge is 0.508 e. The summed E-state index contributed by atoms with van der Waals surface area (Å²) in [6.07, 6.45) is 0.340. The fourth-order valence-electron chi connectivity index (χ4n) is 2.78. The van der Waals surface area contributed by atoms with Crippen LogP contribution in [0.5, 0.6) is 5.75 Å². The molecule has 2 N–H and O–H groups in total. The Labute approximate surface area is 139 Å². The predicted octanol–water partition coefficient (Wildman–Crippen LogP) is 3.83. The van der Waals surface area contributed by atoms with E-state index >= 15 is 0 Å². The van der Waals surface area contributed by atoms with E-state index < -0.39 is 11.9 Å². The molecule has 0 aliphatic carbocycles. The first-order valence-electron chi connectivity index (χ1n) is 7.51. The van der Waals surface area contributed by atoms with Crippen LogP contribution in [0.1, 0.15) is 22.6 Å². The average molecular weight is 317 g/mol. The molecule has 0 fully saturated rings. The maximum absolute atomic E-state index is 11.6. The summed E-state index contributed by atoms with van der Waals surface area (Å²) < 4.78 is 0. The molecule has 0 aliphatic heterocycles. The third kappa shape index (κ3) is 3.21. The molecule has 3 aromatic carbocycles. The van der Waals surface area contributed by atoms with Gasteiger partial charge < -0.3 is 10.2 Å². The average Bonchev–Trinajstić information content (AvgIpc) is 2.59. The Bertz CT molecular complexity index is 939. The van der Waals surface area contributed by atoms with E-state index in [-0.39, 0.29) is 5.75 Å². The van der Waals surface area contributed by atoms with Gasteiger partial charge in [-0.2, -0.15) is 5.26 Å². The lowest BCUT2D eigenvalue weighted by Gasteiger charge is -2.13.